The van der Waals surface area contributed by atoms with Gasteiger partial charge in [-0.2, -0.15) is 0 Å². The van der Waals surface area contributed by atoms with Crippen LogP contribution in [0, 0.1) is 0 Å². The van der Waals surface area contributed by atoms with E-state index in [-0.39, 0.29) is 41.8 Å². The Bertz CT molecular complexity index is 648. The van der Waals surface area contributed by atoms with Gasteiger partial charge in [0.05, 0.1) is 10.6 Å². The van der Waals surface area contributed by atoms with Crippen LogP contribution in [0.4, 0.5) is 5.69 Å². The van der Waals surface area contributed by atoms with E-state index < -0.39 is 11.9 Å². The number of anilines is 1. The molecule has 8 nitrogen and oxygen atoms in total. The predicted octanol–water partition coefficient (Wildman–Crippen LogP) is 1.01. The highest BCUT2D eigenvalue weighted by molar-refractivity contribution is 6.33. The average molecular weight is 356 g/mol. The summed E-state index contributed by atoms with van der Waals surface area (Å²) < 4.78 is 0. The smallest absolute Gasteiger partial charge is 0.337 e. The normalized spacial score (nSPS) is 9.92. The van der Waals surface area contributed by atoms with Gasteiger partial charge >= 0.3 is 5.97 Å². The van der Waals surface area contributed by atoms with Crippen LogP contribution in [-0.2, 0) is 14.4 Å². The maximum Gasteiger partial charge on any atom is 0.337 e. The van der Waals surface area contributed by atoms with Gasteiger partial charge in [-0.3, -0.25) is 14.4 Å². The fourth-order valence-electron chi connectivity index (χ4n) is 1.75. The number of halogens is 1. The van der Waals surface area contributed by atoms with Crippen LogP contribution in [0.2, 0.25) is 5.02 Å². The molecule has 0 atom stereocenters. The third-order valence-electron chi connectivity index (χ3n) is 2.88. The van der Waals surface area contributed by atoms with Crippen molar-refractivity contribution in [3.05, 3.63) is 28.8 Å². The van der Waals surface area contributed by atoms with E-state index in [1.54, 1.807) is 0 Å². The molecule has 0 spiro atoms. The second-order valence-corrected chi connectivity index (χ2v) is 5.29. The molecule has 1 aromatic carbocycles. The monoisotopic (exact) mass is 355 g/mol. The summed E-state index contributed by atoms with van der Waals surface area (Å²) in [7, 11) is 0. The van der Waals surface area contributed by atoms with Crippen molar-refractivity contribution in [1.29, 1.82) is 0 Å². The first kappa shape index (κ1) is 19.4. The number of hydrogen-bond acceptors (Lipinski definition) is 4. The quantitative estimate of drug-likeness (QED) is 0.518. The number of hydrogen-bond donors (Lipinski definition) is 4. The Labute approximate surface area is 143 Å². The number of nitrogens with one attached hydrogen (secondary N) is 3. The van der Waals surface area contributed by atoms with Gasteiger partial charge in [0, 0.05) is 38.5 Å². The Balaban J connectivity index is 2.36. The molecule has 0 fully saturated rings. The number of rotatable bonds is 8. The molecule has 4 N–H and O–H groups in total. The number of aromatic carboxylic acids is 1. The van der Waals surface area contributed by atoms with Gasteiger partial charge in [-0.25, -0.2) is 4.79 Å². The fraction of sp³-hybridized carbons (Fsp3) is 0.333. The van der Waals surface area contributed by atoms with Crippen LogP contribution in [0.5, 0.6) is 0 Å². The topological polar surface area (TPSA) is 125 Å². The number of carboxylic acids is 1. The highest BCUT2D eigenvalue weighted by Gasteiger charge is 2.11. The summed E-state index contributed by atoms with van der Waals surface area (Å²) in [5.41, 5.74) is 0.286. The SMILES string of the molecule is CC(=O)NCCNC(=O)CCC(=O)Nc1ccc(C(=O)O)c(Cl)c1. The van der Waals surface area contributed by atoms with E-state index in [9.17, 15) is 19.2 Å². The van der Waals surface area contributed by atoms with Gasteiger partial charge in [-0.05, 0) is 18.2 Å². The van der Waals surface area contributed by atoms with Gasteiger partial charge in [0.2, 0.25) is 17.7 Å². The molecule has 3 amide bonds. The highest BCUT2D eigenvalue weighted by atomic mass is 35.5. The third-order valence-corrected chi connectivity index (χ3v) is 3.20. The van der Waals surface area contributed by atoms with E-state index >= 15 is 0 Å². The summed E-state index contributed by atoms with van der Waals surface area (Å²) in [6, 6.07) is 4.03. The van der Waals surface area contributed by atoms with Crippen LogP contribution in [0.3, 0.4) is 0 Å². The minimum absolute atomic E-state index is 0.00710. The van der Waals surface area contributed by atoms with Gasteiger partial charge in [-0.15, -0.1) is 0 Å². The number of carboxylic acid groups (broad SMARTS) is 1. The Morgan fingerprint density at radius 3 is 2.25 bits per heavy atom. The van der Waals surface area contributed by atoms with Gasteiger partial charge in [-0.1, -0.05) is 11.6 Å². The van der Waals surface area contributed by atoms with Crippen LogP contribution < -0.4 is 16.0 Å². The lowest BCUT2D eigenvalue weighted by atomic mass is 10.2. The zero-order valence-corrected chi connectivity index (χ0v) is 13.8. The Morgan fingerprint density at radius 2 is 1.67 bits per heavy atom. The van der Waals surface area contributed by atoms with Crippen molar-refractivity contribution in [1.82, 2.24) is 10.6 Å². The number of amides is 3. The molecule has 0 saturated heterocycles. The van der Waals surface area contributed by atoms with Crippen molar-refractivity contribution < 1.29 is 24.3 Å². The maximum absolute atomic E-state index is 11.8. The summed E-state index contributed by atoms with van der Waals surface area (Å²) in [5.74, 6) is -2.05. The second-order valence-electron chi connectivity index (χ2n) is 4.88. The van der Waals surface area contributed by atoms with E-state index in [0.717, 1.165) is 0 Å². The molecule has 0 radical (unpaired) electrons. The Hall–Kier alpha value is -2.61. The Kier molecular flexibility index (Phi) is 7.70. The molecule has 0 bridgehead atoms. The van der Waals surface area contributed by atoms with E-state index in [1.807, 2.05) is 0 Å². The van der Waals surface area contributed by atoms with Crippen molar-refractivity contribution in [2.75, 3.05) is 18.4 Å². The molecule has 0 aliphatic heterocycles. The van der Waals surface area contributed by atoms with Crippen molar-refractivity contribution >= 4 is 41.0 Å². The fourth-order valence-corrected chi connectivity index (χ4v) is 2.01. The van der Waals surface area contributed by atoms with E-state index in [2.05, 4.69) is 16.0 Å². The second kappa shape index (κ2) is 9.51. The first-order valence-electron chi connectivity index (χ1n) is 7.13. The molecule has 0 aromatic heterocycles. The molecular weight excluding hydrogens is 338 g/mol. The van der Waals surface area contributed by atoms with E-state index in [1.165, 1.54) is 25.1 Å². The number of carbonyl (C=O) groups is 4. The lowest BCUT2D eigenvalue weighted by Crippen LogP contribution is -2.33. The molecule has 0 unspecified atom stereocenters. The van der Waals surface area contributed by atoms with Gasteiger partial charge in [0.15, 0.2) is 0 Å². The van der Waals surface area contributed by atoms with Gasteiger partial charge in [0.1, 0.15) is 0 Å². The van der Waals surface area contributed by atoms with Crippen LogP contribution in [0.25, 0.3) is 0 Å². The van der Waals surface area contributed by atoms with Crippen LogP contribution >= 0.6 is 11.6 Å². The maximum atomic E-state index is 11.8. The van der Waals surface area contributed by atoms with Gasteiger partial charge in [0.25, 0.3) is 0 Å². The molecular formula is C15H18ClN3O5. The molecule has 9 heteroatoms. The first-order chi connectivity index (χ1) is 11.3. The molecule has 0 heterocycles. The zero-order chi connectivity index (χ0) is 18.1. The van der Waals surface area contributed by atoms with Crippen LogP contribution in [-0.4, -0.2) is 41.9 Å². The van der Waals surface area contributed by atoms with Gasteiger partial charge < -0.3 is 21.1 Å². The lowest BCUT2D eigenvalue weighted by molar-refractivity contribution is -0.124. The largest absolute Gasteiger partial charge is 0.478 e. The van der Waals surface area contributed by atoms with E-state index in [4.69, 9.17) is 16.7 Å². The molecule has 24 heavy (non-hydrogen) atoms. The molecule has 0 saturated carbocycles. The number of carbonyl (C=O) groups excluding carboxylic acids is 3. The first-order valence-corrected chi connectivity index (χ1v) is 7.51. The summed E-state index contributed by atoms with van der Waals surface area (Å²) in [6.45, 7) is 1.98. The van der Waals surface area contributed by atoms with E-state index in [0.29, 0.717) is 12.2 Å². The molecule has 130 valence electrons. The summed E-state index contributed by atoms with van der Waals surface area (Å²) in [5, 5.41) is 16.5. The Morgan fingerprint density at radius 1 is 1.04 bits per heavy atom. The minimum Gasteiger partial charge on any atom is -0.478 e. The van der Waals surface area contributed by atoms with Crippen molar-refractivity contribution in [2.45, 2.75) is 19.8 Å². The minimum atomic E-state index is -1.16. The summed E-state index contributed by atoms with van der Waals surface area (Å²) in [6.07, 6.45) is -0.0445. The van der Waals surface area contributed by atoms with Crippen molar-refractivity contribution in [3.63, 3.8) is 0 Å². The zero-order valence-electron chi connectivity index (χ0n) is 13.0. The standard InChI is InChI=1S/C15H18ClN3O5/c1-9(20)17-6-7-18-13(21)4-5-14(22)19-10-2-3-11(15(23)24)12(16)8-10/h2-3,8H,4-7H2,1H3,(H,17,20)(H,18,21)(H,19,22)(H,23,24). The molecule has 0 aliphatic rings. The highest BCUT2D eigenvalue weighted by Crippen LogP contribution is 2.21. The predicted molar refractivity (Wildman–Crippen MR) is 88.0 cm³/mol. The molecule has 0 aliphatic carbocycles. The lowest BCUT2D eigenvalue weighted by Gasteiger charge is -2.08. The van der Waals surface area contributed by atoms with Crippen molar-refractivity contribution in [2.24, 2.45) is 0 Å². The average Bonchev–Trinajstić information content (AvgIpc) is 2.49. The summed E-state index contributed by atoms with van der Waals surface area (Å²) in [4.78, 5) is 44.8. The molecule has 1 rings (SSSR count). The van der Waals surface area contributed by atoms with Crippen LogP contribution in [0.15, 0.2) is 18.2 Å². The third kappa shape index (κ3) is 7.10. The van der Waals surface area contributed by atoms with Crippen molar-refractivity contribution in [3.8, 4) is 0 Å². The van der Waals surface area contributed by atoms with Crippen LogP contribution in [0.1, 0.15) is 30.1 Å². The molecule has 1 aromatic rings. The number of benzene rings is 1. The summed E-state index contributed by atoms with van der Waals surface area (Å²) >= 11 is 5.80.